The van der Waals surface area contributed by atoms with Crippen LogP contribution in [0, 0.1) is 5.92 Å². The molecular weight excluding hydrogens is 352 g/mol. The molecule has 1 fully saturated rings. The molecule has 5 rings (SSSR count). The molecule has 0 spiro atoms. The van der Waals surface area contributed by atoms with Crippen LogP contribution < -0.4 is 9.47 Å². The van der Waals surface area contributed by atoms with Crippen molar-refractivity contribution < 1.29 is 14.3 Å². The van der Waals surface area contributed by atoms with Crippen LogP contribution in [0.15, 0.2) is 73.1 Å². The van der Waals surface area contributed by atoms with Crippen molar-refractivity contribution in [2.24, 2.45) is 5.92 Å². The number of carbonyl (C=O) groups excluding carboxylic acids is 1. The fraction of sp³-hybridized carbons (Fsp3) is 0.217. The zero-order valence-electron chi connectivity index (χ0n) is 15.3. The fourth-order valence-electron chi connectivity index (χ4n) is 3.86. The summed E-state index contributed by atoms with van der Waals surface area (Å²) in [5.41, 5.74) is 1.86. The number of benzene rings is 2. The van der Waals surface area contributed by atoms with Crippen LogP contribution in [0.1, 0.15) is 17.0 Å². The highest BCUT2D eigenvalue weighted by molar-refractivity contribution is 5.90. The van der Waals surface area contributed by atoms with E-state index in [1.807, 2.05) is 65.6 Å². The molecule has 1 aromatic heterocycles. The lowest BCUT2D eigenvalue weighted by molar-refractivity contribution is -0.139. The van der Waals surface area contributed by atoms with Crippen LogP contribution in [0.3, 0.4) is 0 Å². The molecule has 2 aliphatic rings. The first-order chi connectivity index (χ1) is 13.8. The molecule has 3 aromatic rings. The van der Waals surface area contributed by atoms with Crippen molar-refractivity contribution in [3.8, 4) is 17.2 Å². The van der Waals surface area contributed by atoms with Crippen molar-refractivity contribution >= 4 is 5.91 Å². The molecule has 1 amide bonds. The highest BCUT2D eigenvalue weighted by atomic mass is 16.5. The van der Waals surface area contributed by atoms with Gasteiger partial charge in [-0.1, -0.05) is 36.4 Å². The second kappa shape index (κ2) is 7.00. The van der Waals surface area contributed by atoms with E-state index in [4.69, 9.17) is 9.47 Å². The number of ether oxygens (including phenoxy) is 2. The Balaban J connectivity index is 1.30. The Morgan fingerprint density at radius 1 is 1.00 bits per heavy atom. The lowest BCUT2D eigenvalue weighted by atomic mass is 9.85. The Hall–Kier alpha value is -3.34. The Labute approximate surface area is 163 Å². The lowest BCUT2D eigenvalue weighted by Gasteiger charge is -2.41. The van der Waals surface area contributed by atoms with Gasteiger partial charge in [-0.2, -0.15) is 0 Å². The summed E-state index contributed by atoms with van der Waals surface area (Å²) in [6.45, 7) is 2.01. The van der Waals surface area contributed by atoms with E-state index in [0.29, 0.717) is 25.6 Å². The third kappa shape index (κ3) is 2.99. The van der Waals surface area contributed by atoms with Crippen LogP contribution in [0.5, 0.6) is 17.2 Å². The minimum absolute atomic E-state index is 0.126. The zero-order valence-corrected chi connectivity index (χ0v) is 15.3. The summed E-state index contributed by atoms with van der Waals surface area (Å²) in [4.78, 5) is 19.3. The Bertz CT molecular complexity index is 954. The SMILES string of the molecule is O=C(C1c2ccccc2Oc2ccccc21)N1CC(COc2cccnc2)C1. The summed E-state index contributed by atoms with van der Waals surface area (Å²) < 4.78 is 11.8. The smallest absolute Gasteiger partial charge is 0.234 e. The van der Waals surface area contributed by atoms with Crippen molar-refractivity contribution in [3.05, 3.63) is 84.2 Å². The van der Waals surface area contributed by atoms with Crippen molar-refractivity contribution in [1.29, 1.82) is 0 Å². The van der Waals surface area contributed by atoms with E-state index < -0.39 is 0 Å². The summed E-state index contributed by atoms with van der Waals surface area (Å²) in [7, 11) is 0. The molecule has 2 aliphatic heterocycles. The zero-order chi connectivity index (χ0) is 18.9. The predicted molar refractivity (Wildman–Crippen MR) is 105 cm³/mol. The maximum absolute atomic E-state index is 13.3. The number of nitrogens with zero attached hydrogens (tertiary/aromatic N) is 2. The largest absolute Gasteiger partial charge is 0.492 e. The number of pyridine rings is 1. The first-order valence-electron chi connectivity index (χ1n) is 9.47. The highest BCUT2D eigenvalue weighted by Crippen LogP contribution is 2.45. The summed E-state index contributed by atoms with van der Waals surface area (Å²) in [5.74, 6) is 2.43. The molecule has 0 bridgehead atoms. The third-order valence-electron chi connectivity index (χ3n) is 5.32. The van der Waals surface area contributed by atoms with Crippen molar-refractivity contribution in [2.75, 3.05) is 19.7 Å². The average molecular weight is 372 g/mol. The number of hydrogen-bond donors (Lipinski definition) is 0. The van der Waals surface area contributed by atoms with Crippen LogP contribution in [0.2, 0.25) is 0 Å². The predicted octanol–water partition coefficient (Wildman–Crippen LogP) is 3.86. The molecule has 0 atom stereocenters. The van der Waals surface area contributed by atoms with Crippen LogP contribution in [-0.4, -0.2) is 35.5 Å². The van der Waals surface area contributed by atoms with Gasteiger partial charge in [0.15, 0.2) is 0 Å². The van der Waals surface area contributed by atoms with Crippen LogP contribution in [0.25, 0.3) is 0 Å². The van der Waals surface area contributed by atoms with Gasteiger partial charge in [0.1, 0.15) is 17.2 Å². The summed E-state index contributed by atoms with van der Waals surface area (Å²) >= 11 is 0. The minimum atomic E-state index is -0.318. The molecule has 1 saturated heterocycles. The number of para-hydroxylation sites is 2. The quantitative estimate of drug-likeness (QED) is 0.698. The lowest BCUT2D eigenvalue weighted by Crippen LogP contribution is -2.53. The van der Waals surface area contributed by atoms with Gasteiger partial charge in [0.25, 0.3) is 0 Å². The third-order valence-corrected chi connectivity index (χ3v) is 5.32. The first kappa shape index (κ1) is 16.8. The van der Waals surface area contributed by atoms with E-state index in [2.05, 4.69) is 4.98 Å². The molecule has 28 heavy (non-hydrogen) atoms. The number of hydrogen-bond acceptors (Lipinski definition) is 4. The van der Waals surface area contributed by atoms with Crippen molar-refractivity contribution in [1.82, 2.24) is 9.88 Å². The number of rotatable bonds is 4. The second-order valence-corrected chi connectivity index (χ2v) is 7.22. The van der Waals surface area contributed by atoms with Gasteiger partial charge in [0, 0.05) is 36.3 Å². The Morgan fingerprint density at radius 2 is 1.68 bits per heavy atom. The minimum Gasteiger partial charge on any atom is -0.492 e. The van der Waals surface area contributed by atoms with E-state index in [1.54, 1.807) is 12.4 Å². The summed E-state index contributed by atoms with van der Waals surface area (Å²) in [5, 5.41) is 0. The second-order valence-electron chi connectivity index (χ2n) is 7.22. The molecule has 5 nitrogen and oxygen atoms in total. The van der Waals surface area contributed by atoms with Crippen LogP contribution >= 0.6 is 0 Å². The van der Waals surface area contributed by atoms with Crippen LogP contribution in [-0.2, 0) is 4.79 Å². The van der Waals surface area contributed by atoms with Crippen molar-refractivity contribution in [2.45, 2.75) is 5.92 Å². The van der Waals surface area contributed by atoms with Gasteiger partial charge in [-0.3, -0.25) is 9.78 Å². The van der Waals surface area contributed by atoms with Crippen molar-refractivity contribution in [3.63, 3.8) is 0 Å². The van der Waals surface area contributed by atoms with E-state index in [9.17, 15) is 4.79 Å². The molecule has 140 valence electrons. The molecule has 5 heteroatoms. The monoisotopic (exact) mass is 372 g/mol. The van der Waals surface area contributed by atoms with Gasteiger partial charge >= 0.3 is 0 Å². The van der Waals surface area contributed by atoms with E-state index in [-0.39, 0.29) is 11.8 Å². The number of carbonyl (C=O) groups is 1. The van der Waals surface area contributed by atoms with Gasteiger partial charge < -0.3 is 14.4 Å². The molecule has 3 heterocycles. The normalized spacial score (nSPS) is 15.8. The number of amides is 1. The molecule has 0 saturated carbocycles. The molecule has 0 N–H and O–H groups in total. The van der Waals surface area contributed by atoms with Crippen LogP contribution in [0.4, 0.5) is 0 Å². The molecule has 0 radical (unpaired) electrons. The number of likely N-dealkylation sites (tertiary alicyclic amines) is 1. The van der Waals surface area contributed by atoms with Gasteiger partial charge in [0.05, 0.1) is 18.7 Å². The van der Waals surface area contributed by atoms with Gasteiger partial charge in [-0.05, 0) is 24.3 Å². The fourth-order valence-corrected chi connectivity index (χ4v) is 3.86. The van der Waals surface area contributed by atoms with Gasteiger partial charge in [0.2, 0.25) is 5.91 Å². The summed E-state index contributed by atoms with van der Waals surface area (Å²) in [6.07, 6.45) is 3.43. The molecule has 0 aliphatic carbocycles. The molecular formula is C23H20N2O3. The highest BCUT2D eigenvalue weighted by Gasteiger charge is 2.39. The standard InChI is InChI=1S/C23H20N2O3/c26-23(25-13-16(14-25)15-27-17-6-5-11-24-12-17)22-18-7-1-3-9-20(18)28-21-10-4-2-8-19(21)22/h1-12,16,22H,13-15H2. The summed E-state index contributed by atoms with van der Waals surface area (Å²) in [6, 6.07) is 19.3. The maximum Gasteiger partial charge on any atom is 0.234 e. The van der Waals surface area contributed by atoms with E-state index >= 15 is 0 Å². The van der Waals surface area contributed by atoms with Gasteiger partial charge in [-0.15, -0.1) is 0 Å². The Morgan fingerprint density at radius 3 is 2.32 bits per heavy atom. The number of aromatic nitrogens is 1. The van der Waals surface area contributed by atoms with E-state index in [0.717, 1.165) is 28.4 Å². The Kier molecular flexibility index (Phi) is 4.20. The van der Waals surface area contributed by atoms with Gasteiger partial charge in [-0.25, -0.2) is 0 Å². The first-order valence-corrected chi connectivity index (χ1v) is 9.47. The maximum atomic E-state index is 13.3. The average Bonchev–Trinajstić information content (AvgIpc) is 2.71. The number of fused-ring (bicyclic) bond motifs is 2. The molecule has 2 aromatic carbocycles. The van der Waals surface area contributed by atoms with E-state index in [1.165, 1.54) is 0 Å². The topological polar surface area (TPSA) is 51.7 Å². The molecule has 0 unspecified atom stereocenters.